The van der Waals surface area contributed by atoms with Gasteiger partial charge in [-0.05, 0) is 23.3 Å². The van der Waals surface area contributed by atoms with E-state index in [1.807, 2.05) is 47.1 Å². The second kappa shape index (κ2) is 7.07. The predicted molar refractivity (Wildman–Crippen MR) is 87.3 cm³/mol. The van der Waals surface area contributed by atoms with Gasteiger partial charge in [-0.3, -0.25) is 0 Å². The molecule has 23 heavy (non-hydrogen) atoms. The molecule has 0 bridgehead atoms. The van der Waals surface area contributed by atoms with Crippen molar-refractivity contribution in [1.82, 2.24) is 15.0 Å². The smallest absolute Gasteiger partial charge is 0.118 e. The third-order valence-corrected chi connectivity index (χ3v) is 3.77. The number of ether oxygens (including phenoxy) is 1. The number of aliphatic hydroxyl groups is 1. The van der Waals surface area contributed by atoms with Crippen LogP contribution in [0.1, 0.15) is 22.5 Å². The van der Waals surface area contributed by atoms with Gasteiger partial charge in [0.25, 0.3) is 0 Å². The lowest BCUT2D eigenvalue weighted by atomic mass is 10.1. The van der Waals surface area contributed by atoms with E-state index in [1.54, 1.807) is 7.11 Å². The van der Waals surface area contributed by atoms with E-state index in [-0.39, 0.29) is 6.61 Å². The molecule has 0 amide bonds. The van der Waals surface area contributed by atoms with E-state index in [4.69, 9.17) is 4.74 Å². The fourth-order valence-electron chi connectivity index (χ4n) is 2.50. The van der Waals surface area contributed by atoms with Gasteiger partial charge in [-0.1, -0.05) is 47.7 Å². The lowest BCUT2D eigenvalue weighted by Crippen LogP contribution is -2.08. The first-order valence-electron chi connectivity index (χ1n) is 7.49. The van der Waals surface area contributed by atoms with E-state index in [0.717, 1.165) is 22.6 Å². The maximum absolute atomic E-state index is 9.52. The molecule has 0 radical (unpaired) electrons. The molecule has 0 aliphatic carbocycles. The van der Waals surface area contributed by atoms with Crippen LogP contribution in [-0.4, -0.2) is 27.2 Å². The van der Waals surface area contributed by atoms with Crippen molar-refractivity contribution in [3.8, 4) is 5.75 Å². The monoisotopic (exact) mass is 309 g/mol. The number of aromatic nitrogens is 3. The highest BCUT2D eigenvalue weighted by Crippen LogP contribution is 2.17. The second-order valence-corrected chi connectivity index (χ2v) is 5.31. The molecule has 2 aromatic carbocycles. The van der Waals surface area contributed by atoms with Crippen LogP contribution >= 0.6 is 0 Å². The van der Waals surface area contributed by atoms with Gasteiger partial charge in [-0.2, -0.15) is 0 Å². The summed E-state index contributed by atoms with van der Waals surface area (Å²) in [5, 5.41) is 17.8. The maximum Gasteiger partial charge on any atom is 0.118 e. The summed E-state index contributed by atoms with van der Waals surface area (Å²) in [4.78, 5) is 0. The molecule has 3 aromatic rings. The molecule has 1 aromatic heterocycles. The fourth-order valence-corrected chi connectivity index (χ4v) is 2.50. The van der Waals surface area contributed by atoms with E-state index >= 15 is 0 Å². The molecule has 5 heteroatoms. The zero-order valence-corrected chi connectivity index (χ0v) is 13.0. The molecule has 0 atom stereocenters. The number of hydrogen-bond acceptors (Lipinski definition) is 4. The van der Waals surface area contributed by atoms with E-state index in [2.05, 4.69) is 22.4 Å². The van der Waals surface area contributed by atoms with Gasteiger partial charge in [-0.15, -0.1) is 5.10 Å². The molecular weight excluding hydrogens is 290 g/mol. The maximum atomic E-state index is 9.52. The Hall–Kier alpha value is -2.66. The largest absolute Gasteiger partial charge is 0.497 e. The van der Waals surface area contributed by atoms with Crippen molar-refractivity contribution in [1.29, 1.82) is 0 Å². The molecule has 1 N–H and O–H groups in total. The van der Waals surface area contributed by atoms with Crippen molar-refractivity contribution >= 4 is 0 Å². The van der Waals surface area contributed by atoms with Crippen LogP contribution in [0, 0.1) is 0 Å². The molecule has 0 unspecified atom stereocenters. The summed E-state index contributed by atoms with van der Waals surface area (Å²) in [5.74, 6) is 0.826. The molecule has 0 spiro atoms. The van der Waals surface area contributed by atoms with Gasteiger partial charge in [0.15, 0.2) is 0 Å². The molecule has 0 saturated heterocycles. The van der Waals surface area contributed by atoms with Crippen LogP contribution in [0.5, 0.6) is 5.75 Å². The summed E-state index contributed by atoms with van der Waals surface area (Å²) < 4.78 is 7.03. The van der Waals surface area contributed by atoms with Crippen molar-refractivity contribution in [3.63, 3.8) is 0 Å². The Labute approximate surface area is 135 Å². The highest BCUT2D eigenvalue weighted by Gasteiger charge is 2.13. The summed E-state index contributed by atoms with van der Waals surface area (Å²) in [6, 6.07) is 18.0. The molecule has 3 rings (SSSR count). The Kier molecular flexibility index (Phi) is 4.68. The fraction of sp³-hybridized carbons (Fsp3) is 0.222. The van der Waals surface area contributed by atoms with Crippen LogP contribution in [0.3, 0.4) is 0 Å². The average Bonchev–Trinajstić information content (AvgIpc) is 2.98. The molecule has 0 saturated carbocycles. The van der Waals surface area contributed by atoms with Gasteiger partial charge in [0.1, 0.15) is 11.4 Å². The quantitative estimate of drug-likeness (QED) is 0.759. The van der Waals surface area contributed by atoms with Gasteiger partial charge < -0.3 is 9.84 Å². The number of methoxy groups -OCH3 is 1. The van der Waals surface area contributed by atoms with Gasteiger partial charge in [0, 0.05) is 6.42 Å². The molecule has 0 aliphatic heterocycles. The Morgan fingerprint density at radius 1 is 1.00 bits per heavy atom. The van der Waals surface area contributed by atoms with Crippen molar-refractivity contribution in [2.75, 3.05) is 7.11 Å². The molecule has 5 nitrogen and oxygen atoms in total. The third-order valence-electron chi connectivity index (χ3n) is 3.77. The van der Waals surface area contributed by atoms with Crippen LogP contribution < -0.4 is 4.74 Å². The molecule has 0 aliphatic rings. The SMILES string of the molecule is COc1ccc(Cc2c(CO)nnn2Cc2ccccc2)cc1. The first-order chi connectivity index (χ1) is 11.3. The standard InChI is InChI=1S/C18H19N3O2/c1-23-16-9-7-14(8-10-16)11-18-17(13-22)19-20-21(18)12-15-5-3-2-4-6-15/h2-10,22H,11-13H2,1H3. The number of hydrogen-bond donors (Lipinski definition) is 1. The number of aliphatic hydroxyl groups excluding tert-OH is 1. The average molecular weight is 309 g/mol. The molecule has 0 fully saturated rings. The summed E-state index contributed by atoms with van der Waals surface area (Å²) in [7, 11) is 1.65. The first-order valence-corrected chi connectivity index (χ1v) is 7.49. The van der Waals surface area contributed by atoms with Gasteiger partial charge in [0.2, 0.25) is 0 Å². The molecular formula is C18H19N3O2. The molecule has 118 valence electrons. The highest BCUT2D eigenvalue weighted by atomic mass is 16.5. The van der Waals surface area contributed by atoms with E-state index in [9.17, 15) is 5.11 Å². The minimum atomic E-state index is -0.111. The predicted octanol–water partition coefficient (Wildman–Crippen LogP) is 2.42. The Balaban J connectivity index is 1.86. The number of benzene rings is 2. The Morgan fingerprint density at radius 3 is 2.39 bits per heavy atom. The van der Waals surface area contributed by atoms with Crippen molar-refractivity contribution < 1.29 is 9.84 Å². The van der Waals surface area contributed by atoms with Crippen LogP contribution in [0.4, 0.5) is 0 Å². The zero-order valence-electron chi connectivity index (χ0n) is 13.0. The Bertz CT molecular complexity index is 752. The number of nitrogens with zero attached hydrogens (tertiary/aromatic N) is 3. The highest BCUT2D eigenvalue weighted by molar-refractivity contribution is 5.31. The van der Waals surface area contributed by atoms with Crippen molar-refractivity contribution in [3.05, 3.63) is 77.1 Å². The van der Waals surface area contributed by atoms with E-state index in [0.29, 0.717) is 18.7 Å². The van der Waals surface area contributed by atoms with Crippen LogP contribution in [0.15, 0.2) is 54.6 Å². The van der Waals surface area contributed by atoms with Crippen molar-refractivity contribution in [2.24, 2.45) is 0 Å². The second-order valence-electron chi connectivity index (χ2n) is 5.31. The van der Waals surface area contributed by atoms with E-state index in [1.165, 1.54) is 0 Å². The third kappa shape index (κ3) is 3.57. The van der Waals surface area contributed by atoms with Crippen LogP contribution in [-0.2, 0) is 19.6 Å². The number of rotatable bonds is 6. The summed E-state index contributed by atoms with van der Waals surface area (Å²) in [6.07, 6.45) is 0.666. The van der Waals surface area contributed by atoms with E-state index < -0.39 is 0 Å². The van der Waals surface area contributed by atoms with Crippen molar-refractivity contribution in [2.45, 2.75) is 19.6 Å². The first kappa shape index (κ1) is 15.2. The Morgan fingerprint density at radius 2 is 1.74 bits per heavy atom. The van der Waals surface area contributed by atoms with Gasteiger partial charge in [0.05, 0.1) is 26.0 Å². The topological polar surface area (TPSA) is 60.2 Å². The summed E-state index contributed by atoms with van der Waals surface area (Å²) in [6.45, 7) is 0.527. The van der Waals surface area contributed by atoms with Crippen LogP contribution in [0.2, 0.25) is 0 Å². The van der Waals surface area contributed by atoms with Gasteiger partial charge >= 0.3 is 0 Å². The lowest BCUT2D eigenvalue weighted by Gasteiger charge is -2.09. The van der Waals surface area contributed by atoms with Crippen LogP contribution in [0.25, 0.3) is 0 Å². The minimum absolute atomic E-state index is 0.111. The summed E-state index contributed by atoms with van der Waals surface area (Å²) >= 11 is 0. The summed E-state index contributed by atoms with van der Waals surface area (Å²) in [5.41, 5.74) is 3.83. The van der Waals surface area contributed by atoms with Gasteiger partial charge in [-0.25, -0.2) is 4.68 Å². The minimum Gasteiger partial charge on any atom is -0.497 e. The lowest BCUT2D eigenvalue weighted by molar-refractivity contribution is 0.275. The zero-order chi connectivity index (χ0) is 16.1. The molecule has 1 heterocycles. The normalized spacial score (nSPS) is 10.7.